The zero-order valence-electron chi connectivity index (χ0n) is 21.0. The lowest BCUT2D eigenvalue weighted by Gasteiger charge is -2.34. The van der Waals surface area contributed by atoms with Crippen molar-refractivity contribution in [1.82, 2.24) is 20.6 Å². The fourth-order valence-corrected chi connectivity index (χ4v) is 3.72. The third-order valence-corrected chi connectivity index (χ3v) is 5.64. The van der Waals surface area contributed by atoms with Crippen LogP contribution in [0.3, 0.4) is 0 Å². The number of hydrogen-bond acceptors (Lipinski definition) is 7. The maximum Gasteiger partial charge on any atom is 0.155 e. The van der Waals surface area contributed by atoms with Gasteiger partial charge in [-0.2, -0.15) is 0 Å². The van der Waals surface area contributed by atoms with Crippen LogP contribution >= 0.6 is 0 Å². The van der Waals surface area contributed by atoms with E-state index in [1.165, 1.54) is 45.4 Å². The minimum absolute atomic E-state index is 0.237. The molecule has 2 saturated heterocycles. The SMILES string of the molecule is C=C.C=C(C)C1=C(C(=C)F)CC(C=O)NO1.C=CN1CCC(N2CCC(N)CC2)C1.C=CNC. The Morgan fingerprint density at radius 3 is 2.21 bits per heavy atom. The zero-order chi connectivity index (χ0) is 26.1. The Morgan fingerprint density at radius 1 is 1.21 bits per heavy atom. The van der Waals surface area contributed by atoms with E-state index in [1.807, 2.05) is 13.2 Å². The van der Waals surface area contributed by atoms with Crippen molar-refractivity contribution < 1.29 is 14.0 Å². The molecule has 34 heavy (non-hydrogen) atoms. The van der Waals surface area contributed by atoms with Gasteiger partial charge in [0.05, 0.1) is 0 Å². The number of allylic oxidation sites excluding steroid dienone is 2. The summed E-state index contributed by atoms with van der Waals surface area (Å²) in [5.41, 5.74) is 9.28. The van der Waals surface area contributed by atoms with E-state index < -0.39 is 11.9 Å². The molecule has 0 aromatic heterocycles. The van der Waals surface area contributed by atoms with Crippen molar-refractivity contribution in [3.63, 3.8) is 0 Å². The van der Waals surface area contributed by atoms with Gasteiger partial charge in [-0.1, -0.05) is 26.3 Å². The monoisotopic (exact) mass is 477 g/mol. The average Bonchev–Trinajstić information content (AvgIpc) is 3.35. The second-order valence-corrected chi connectivity index (χ2v) is 8.15. The maximum atomic E-state index is 13.0. The van der Waals surface area contributed by atoms with Crippen LogP contribution in [0.2, 0.25) is 0 Å². The maximum absolute atomic E-state index is 13.0. The molecule has 0 amide bonds. The molecule has 0 aliphatic carbocycles. The molecule has 3 aliphatic rings. The molecule has 3 rings (SSSR count). The highest BCUT2D eigenvalue weighted by atomic mass is 19.1. The number of carbonyl (C=O) groups is 1. The number of nitrogens with two attached hydrogens (primary N) is 1. The largest absolute Gasteiger partial charge is 0.407 e. The number of nitrogens with zero attached hydrogens (tertiary/aromatic N) is 2. The summed E-state index contributed by atoms with van der Waals surface area (Å²) in [7, 11) is 1.81. The van der Waals surface area contributed by atoms with Crippen LogP contribution in [-0.2, 0) is 9.63 Å². The Bertz CT molecular complexity index is 701. The minimum atomic E-state index is -0.587. The number of rotatable bonds is 6. The van der Waals surface area contributed by atoms with Crippen LogP contribution in [0.4, 0.5) is 4.39 Å². The van der Waals surface area contributed by atoms with Gasteiger partial charge in [0, 0.05) is 44.2 Å². The molecule has 0 aromatic carbocycles. The Labute approximate surface area is 205 Å². The second kappa shape index (κ2) is 17.8. The third kappa shape index (κ3) is 11.0. The van der Waals surface area contributed by atoms with Crippen LogP contribution in [0.25, 0.3) is 0 Å². The van der Waals surface area contributed by atoms with Crippen molar-refractivity contribution >= 4 is 6.29 Å². The first-order valence-corrected chi connectivity index (χ1v) is 11.5. The van der Waals surface area contributed by atoms with Gasteiger partial charge in [-0.15, -0.1) is 18.6 Å². The van der Waals surface area contributed by atoms with Crippen molar-refractivity contribution in [2.45, 2.75) is 50.7 Å². The highest BCUT2D eigenvalue weighted by Crippen LogP contribution is 2.27. The second-order valence-electron chi connectivity index (χ2n) is 8.15. The van der Waals surface area contributed by atoms with Crippen LogP contribution in [0.15, 0.2) is 74.6 Å². The van der Waals surface area contributed by atoms with Gasteiger partial charge >= 0.3 is 0 Å². The molecule has 2 unspecified atom stereocenters. The minimum Gasteiger partial charge on any atom is -0.407 e. The van der Waals surface area contributed by atoms with Gasteiger partial charge in [-0.05, 0) is 57.2 Å². The van der Waals surface area contributed by atoms with Crippen LogP contribution in [0, 0.1) is 0 Å². The topological polar surface area (TPSA) is 82.9 Å². The smallest absolute Gasteiger partial charge is 0.155 e. The molecule has 2 atom stereocenters. The van der Waals surface area contributed by atoms with Gasteiger partial charge in [0.1, 0.15) is 18.2 Å². The molecule has 3 aliphatic heterocycles. The van der Waals surface area contributed by atoms with Gasteiger partial charge < -0.3 is 25.6 Å². The van der Waals surface area contributed by atoms with Crippen LogP contribution in [-0.4, -0.2) is 67.4 Å². The molecule has 0 aromatic rings. The summed E-state index contributed by atoms with van der Waals surface area (Å²) in [6.45, 7) is 26.4. The van der Waals surface area contributed by atoms with E-state index in [1.54, 1.807) is 13.1 Å². The van der Waals surface area contributed by atoms with Crippen molar-refractivity contribution in [1.29, 1.82) is 0 Å². The molecule has 4 N–H and O–H groups in total. The highest BCUT2D eigenvalue weighted by molar-refractivity contribution is 5.59. The third-order valence-electron chi connectivity index (χ3n) is 5.64. The molecule has 0 saturated carbocycles. The van der Waals surface area contributed by atoms with E-state index in [0.717, 1.165) is 6.04 Å². The summed E-state index contributed by atoms with van der Waals surface area (Å²) < 4.78 is 13.0. The first-order valence-electron chi connectivity index (χ1n) is 11.5. The summed E-state index contributed by atoms with van der Waals surface area (Å²) in [5, 5.41) is 2.69. The molecule has 2 fully saturated rings. The number of hydrogen-bond donors (Lipinski definition) is 3. The van der Waals surface area contributed by atoms with Gasteiger partial charge in [0.15, 0.2) is 5.76 Å². The van der Waals surface area contributed by atoms with Crippen molar-refractivity contribution in [2.24, 2.45) is 5.73 Å². The van der Waals surface area contributed by atoms with Gasteiger partial charge in [0.25, 0.3) is 0 Å². The fraction of sp³-hybridized carbons (Fsp3) is 0.500. The summed E-state index contributed by atoms with van der Waals surface area (Å²) in [5.74, 6) is -0.257. The Balaban J connectivity index is 0.000000522. The lowest BCUT2D eigenvalue weighted by molar-refractivity contribution is -0.112. The van der Waals surface area contributed by atoms with Crippen molar-refractivity contribution in [3.8, 4) is 0 Å². The van der Waals surface area contributed by atoms with Crippen LogP contribution in [0.5, 0.6) is 0 Å². The molecule has 0 bridgehead atoms. The van der Waals surface area contributed by atoms with E-state index in [9.17, 15) is 9.18 Å². The first-order chi connectivity index (χ1) is 16.3. The Kier molecular flexibility index (Phi) is 16.4. The number of piperidine rings is 1. The Morgan fingerprint density at radius 2 is 1.79 bits per heavy atom. The molecule has 0 spiro atoms. The van der Waals surface area contributed by atoms with Crippen molar-refractivity contribution in [2.75, 3.05) is 33.2 Å². The number of halogens is 1. The number of nitrogens with one attached hydrogen (secondary N) is 2. The molecular formula is C26H44FN5O2. The van der Waals surface area contributed by atoms with E-state index in [0.29, 0.717) is 29.2 Å². The number of likely N-dealkylation sites (tertiary alicyclic amines) is 2. The number of carbonyl (C=O) groups excluding carboxylic acids is 1. The summed E-state index contributed by atoms with van der Waals surface area (Å²) in [6.07, 6.45) is 8.13. The summed E-state index contributed by atoms with van der Waals surface area (Å²) in [4.78, 5) is 20.4. The number of aldehydes is 1. The average molecular weight is 478 g/mol. The molecule has 8 heteroatoms. The fourth-order valence-electron chi connectivity index (χ4n) is 3.72. The predicted molar refractivity (Wildman–Crippen MR) is 140 cm³/mol. The van der Waals surface area contributed by atoms with E-state index >= 15 is 0 Å². The van der Waals surface area contributed by atoms with E-state index in [2.05, 4.69) is 60.1 Å². The van der Waals surface area contributed by atoms with Gasteiger partial charge in [0.2, 0.25) is 0 Å². The lowest BCUT2D eigenvalue weighted by Crippen LogP contribution is -2.45. The molecule has 192 valence electrons. The lowest BCUT2D eigenvalue weighted by atomic mass is 10.0. The van der Waals surface area contributed by atoms with Crippen LogP contribution < -0.4 is 16.5 Å². The molecule has 3 heterocycles. The normalized spacial score (nSPS) is 22.3. The standard InChI is InChI=1S/C11H21N3.C10H12FNO2.C3H7N.C2H4/c1-2-13-6-5-11(9-13)14-7-3-10(12)4-8-14;1-6(2)10-9(7(3)11)4-8(5-13)12-14-10;1-3-4-2;1-2/h2,10-11H,1,3-9,12H2;5,8,12H,1,3-4H2,2H3;3-4H,1H2,2H3;1-2H2. The Hall–Kier alpha value is -2.68. The van der Waals surface area contributed by atoms with E-state index in [4.69, 9.17) is 10.6 Å². The van der Waals surface area contributed by atoms with Crippen molar-refractivity contribution in [3.05, 3.63) is 74.6 Å². The molecule has 0 radical (unpaired) electrons. The van der Waals surface area contributed by atoms with Gasteiger partial charge in [-0.3, -0.25) is 4.90 Å². The summed E-state index contributed by atoms with van der Waals surface area (Å²) >= 11 is 0. The quantitative estimate of drug-likeness (QED) is 0.398. The first kappa shape index (κ1) is 31.3. The van der Waals surface area contributed by atoms with E-state index in [-0.39, 0.29) is 6.42 Å². The molecular weight excluding hydrogens is 433 g/mol. The molecule has 7 nitrogen and oxygen atoms in total. The van der Waals surface area contributed by atoms with Crippen LogP contribution in [0.1, 0.15) is 32.6 Å². The predicted octanol–water partition coefficient (Wildman–Crippen LogP) is 3.57. The van der Waals surface area contributed by atoms with Gasteiger partial charge in [-0.25, -0.2) is 4.39 Å². The highest BCUT2D eigenvalue weighted by Gasteiger charge is 2.28. The zero-order valence-corrected chi connectivity index (χ0v) is 21.0. The summed E-state index contributed by atoms with van der Waals surface area (Å²) in [6, 6.07) is 0.671. The number of hydroxylamine groups is 1.